The molecule has 0 atom stereocenters. The Morgan fingerprint density at radius 3 is 2.29 bits per heavy atom. The summed E-state index contributed by atoms with van der Waals surface area (Å²) in [7, 11) is 0. The molecule has 0 aliphatic rings. The van der Waals surface area contributed by atoms with Crippen molar-refractivity contribution in [3.8, 4) is 5.69 Å². The summed E-state index contributed by atoms with van der Waals surface area (Å²) in [6.07, 6.45) is 1.95. The van der Waals surface area contributed by atoms with Gasteiger partial charge in [-0.25, -0.2) is 0 Å². The van der Waals surface area contributed by atoms with Crippen LogP contribution in [0.15, 0.2) is 58.0 Å². The molecule has 3 heteroatoms. The molecule has 0 bridgehead atoms. The third-order valence-electron chi connectivity index (χ3n) is 4.10. The van der Waals surface area contributed by atoms with E-state index in [0.717, 1.165) is 15.7 Å². The van der Waals surface area contributed by atoms with Gasteiger partial charge in [0.1, 0.15) is 0 Å². The monoisotopic (exact) mass is 380 g/mol. The summed E-state index contributed by atoms with van der Waals surface area (Å²) >= 11 is 3.48. The minimum Gasteiger partial charge on any atom is -0.318 e. The Hall–Kier alpha value is -2.13. The molecule has 1 aromatic heterocycles. The summed E-state index contributed by atoms with van der Waals surface area (Å²) in [5.74, 6) is 0. The average Bonchev–Trinajstić information content (AvgIpc) is 2.78. The van der Waals surface area contributed by atoms with Crippen molar-refractivity contribution in [2.45, 2.75) is 27.7 Å². The molecule has 0 amide bonds. The number of aryl methyl sites for hydroxylation is 3. The summed E-state index contributed by atoms with van der Waals surface area (Å²) in [6, 6.07) is 16.9. The first kappa shape index (κ1) is 16.7. The predicted molar refractivity (Wildman–Crippen MR) is 106 cm³/mol. The van der Waals surface area contributed by atoms with Crippen LogP contribution < -0.4 is 0 Å². The predicted octanol–water partition coefficient (Wildman–Crippen LogP) is 6.22. The van der Waals surface area contributed by atoms with E-state index < -0.39 is 0 Å². The van der Waals surface area contributed by atoms with Crippen LogP contribution in [0.2, 0.25) is 0 Å². The molecule has 0 radical (unpaired) electrons. The number of nitrogens with zero attached hydrogens (tertiary/aromatic N) is 2. The Balaban J connectivity index is 2.00. The van der Waals surface area contributed by atoms with Crippen LogP contribution in [-0.4, -0.2) is 10.8 Å². The standard InChI is InChI=1S/C21H21BrN2/c1-14-8-15(2)10-21(9-14)24-16(3)11-18(17(24)4)13-23-20-7-5-6-19(22)12-20/h5-13H,1-4H3. The quantitative estimate of drug-likeness (QED) is 0.479. The lowest BCUT2D eigenvalue weighted by Crippen LogP contribution is -2.00. The fraction of sp³-hybridized carbons (Fsp3) is 0.190. The lowest BCUT2D eigenvalue weighted by Gasteiger charge is -2.11. The average molecular weight is 381 g/mol. The van der Waals surface area contributed by atoms with E-state index in [1.165, 1.54) is 28.2 Å². The van der Waals surface area contributed by atoms with Crippen molar-refractivity contribution in [1.29, 1.82) is 0 Å². The fourth-order valence-electron chi connectivity index (χ4n) is 3.10. The molecule has 2 nitrogen and oxygen atoms in total. The van der Waals surface area contributed by atoms with E-state index in [9.17, 15) is 0 Å². The van der Waals surface area contributed by atoms with Gasteiger partial charge in [-0.05, 0) is 75.2 Å². The van der Waals surface area contributed by atoms with Crippen LogP contribution in [0.1, 0.15) is 28.1 Å². The number of benzene rings is 2. The van der Waals surface area contributed by atoms with Gasteiger partial charge in [-0.2, -0.15) is 0 Å². The molecule has 2 aromatic carbocycles. The minimum absolute atomic E-state index is 0.945. The maximum Gasteiger partial charge on any atom is 0.0641 e. The molecule has 122 valence electrons. The van der Waals surface area contributed by atoms with Crippen molar-refractivity contribution in [3.63, 3.8) is 0 Å². The first-order valence-electron chi connectivity index (χ1n) is 8.01. The maximum atomic E-state index is 4.61. The molecule has 24 heavy (non-hydrogen) atoms. The molecule has 0 N–H and O–H groups in total. The first-order chi connectivity index (χ1) is 11.4. The van der Waals surface area contributed by atoms with Crippen molar-refractivity contribution in [3.05, 3.63) is 81.1 Å². The molecule has 1 heterocycles. The van der Waals surface area contributed by atoms with E-state index in [1.54, 1.807) is 0 Å². The number of halogens is 1. The van der Waals surface area contributed by atoms with E-state index in [2.05, 4.69) is 77.4 Å². The number of hydrogen-bond donors (Lipinski definition) is 0. The highest BCUT2D eigenvalue weighted by Crippen LogP contribution is 2.23. The normalized spacial score (nSPS) is 11.4. The zero-order valence-electron chi connectivity index (χ0n) is 14.5. The molecule has 0 saturated carbocycles. The molecule has 0 aliphatic carbocycles. The van der Waals surface area contributed by atoms with Crippen LogP contribution in [-0.2, 0) is 0 Å². The number of rotatable bonds is 3. The molecule has 0 unspecified atom stereocenters. The molecule has 0 spiro atoms. The van der Waals surface area contributed by atoms with E-state index in [0.29, 0.717) is 0 Å². The van der Waals surface area contributed by atoms with Crippen LogP contribution in [0.25, 0.3) is 5.69 Å². The Morgan fingerprint density at radius 2 is 1.62 bits per heavy atom. The molecule has 0 fully saturated rings. The van der Waals surface area contributed by atoms with Crippen molar-refractivity contribution < 1.29 is 0 Å². The van der Waals surface area contributed by atoms with Crippen LogP contribution in [0.4, 0.5) is 5.69 Å². The van der Waals surface area contributed by atoms with E-state index in [-0.39, 0.29) is 0 Å². The van der Waals surface area contributed by atoms with Crippen LogP contribution >= 0.6 is 15.9 Å². The highest BCUT2D eigenvalue weighted by atomic mass is 79.9. The third kappa shape index (κ3) is 3.51. The van der Waals surface area contributed by atoms with Gasteiger partial charge >= 0.3 is 0 Å². The Labute approximate surface area is 152 Å². The van der Waals surface area contributed by atoms with Gasteiger partial charge < -0.3 is 4.57 Å². The molecule has 0 aliphatic heterocycles. The van der Waals surface area contributed by atoms with Crippen molar-refractivity contribution in [2.24, 2.45) is 4.99 Å². The fourth-order valence-corrected chi connectivity index (χ4v) is 3.48. The molecule has 3 aromatic rings. The highest BCUT2D eigenvalue weighted by molar-refractivity contribution is 9.10. The first-order valence-corrected chi connectivity index (χ1v) is 8.80. The van der Waals surface area contributed by atoms with E-state index >= 15 is 0 Å². The lowest BCUT2D eigenvalue weighted by molar-refractivity contribution is 0.960. The second kappa shape index (κ2) is 6.78. The summed E-state index contributed by atoms with van der Waals surface area (Å²) < 4.78 is 3.33. The van der Waals surface area contributed by atoms with Gasteiger partial charge in [-0.3, -0.25) is 4.99 Å². The van der Waals surface area contributed by atoms with Gasteiger partial charge in [0.2, 0.25) is 0 Å². The second-order valence-corrected chi connectivity index (χ2v) is 7.16. The summed E-state index contributed by atoms with van der Waals surface area (Å²) in [4.78, 5) is 4.61. The number of aromatic nitrogens is 1. The molecule has 0 saturated heterocycles. The number of hydrogen-bond acceptors (Lipinski definition) is 1. The van der Waals surface area contributed by atoms with Crippen molar-refractivity contribution in [2.75, 3.05) is 0 Å². The highest BCUT2D eigenvalue weighted by Gasteiger charge is 2.10. The van der Waals surface area contributed by atoms with Gasteiger partial charge in [-0.15, -0.1) is 0 Å². The summed E-state index contributed by atoms with van der Waals surface area (Å²) in [5.41, 5.74) is 8.28. The topological polar surface area (TPSA) is 17.3 Å². The Morgan fingerprint density at radius 1 is 0.917 bits per heavy atom. The zero-order chi connectivity index (χ0) is 17.3. The zero-order valence-corrected chi connectivity index (χ0v) is 16.1. The lowest BCUT2D eigenvalue weighted by atomic mass is 10.1. The Kier molecular flexibility index (Phi) is 4.72. The summed E-state index contributed by atoms with van der Waals surface area (Å²) in [6.45, 7) is 8.56. The van der Waals surface area contributed by atoms with Gasteiger partial charge in [0.05, 0.1) is 5.69 Å². The number of aliphatic imine (C=N–C) groups is 1. The second-order valence-electron chi connectivity index (χ2n) is 6.25. The van der Waals surface area contributed by atoms with E-state index in [1.807, 2.05) is 30.5 Å². The van der Waals surface area contributed by atoms with Crippen LogP contribution in [0.3, 0.4) is 0 Å². The largest absolute Gasteiger partial charge is 0.318 e. The van der Waals surface area contributed by atoms with Crippen molar-refractivity contribution >= 4 is 27.8 Å². The van der Waals surface area contributed by atoms with Crippen LogP contribution in [0.5, 0.6) is 0 Å². The third-order valence-corrected chi connectivity index (χ3v) is 4.59. The minimum atomic E-state index is 0.945. The van der Waals surface area contributed by atoms with Gasteiger partial charge in [0, 0.05) is 33.3 Å². The maximum absolute atomic E-state index is 4.61. The smallest absolute Gasteiger partial charge is 0.0641 e. The molecule has 3 rings (SSSR count). The Bertz CT molecular complexity index is 899. The molecular formula is C21H21BrN2. The van der Waals surface area contributed by atoms with E-state index in [4.69, 9.17) is 0 Å². The van der Waals surface area contributed by atoms with Gasteiger partial charge in [0.25, 0.3) is 0 Å². The van der Waals surface area contributed by atoms with Crippen molar-refractivity contribution in [1.82, 2.24) is 4.57 Å². The summed E-state index contributed by atoms with van der Waals surface area (Å²) in [5, 5.41) is 0. The SMILES string of the molecule is Cc1cc(C)cc(-n2c(C)cc(C=Nc3cccc(Br)c3)c2C)c1. The molecular weight excluding hydrogens is 360 g/mol. The van der Waals surface area contributed by atoms with Gasteiger partial charge in [0.15, 0.2) is 0 Å². The van der Waals surface area contributed by atoms with Crippen LogP contribution in [0, 0.1) is 27.7 Å². The van der Waals surface area contributed by atoms with Gasteiger partial charge in [-0.1, -0.05) is 28.1 Å².